The van der Waals surface area contributed by atoms with Gasteiger partial charge in [-0.2, -0.15) is 0 Å². The van der Waals surface area contributed by atoms with Crippen LogP contribution >= 0.6 is 0 Å². The number of carbonyl (C=O) groups is 1. The first-order chi connectivity index (χ1) is 24.3. The summed E-state index contributed by atoms with van der Waals surface area (Å²) in [5.41, 5.74) is 0. The van der Waals surface area contributed by atoms with Crippen LogP contribution in [0, 0.1) is 142 Å². The topological polar surface area (TPSA) is 149 Å². The highest BCUT2D eigenvalue weighted by Gasteiger charge is 2.44. The Labute approximate surface area is 294 Å². The van der Waals surface area contributed by atoms with Crippen LogP contribution in [0.25, 0.3) is 0 Å². The second-order valence-electron chi connectivity index (χ2n) is 9.65. The number of carbonyl (C=O) groups excluding carboxylic acids is 1. The van der Waals surface area contributed by atoms with E-state index in [2.05, 4.69) is 154 Å². The van der Waals surface area contributed by atoms with Gasteiger partial charge < -0.3 is 40.3 Å². The molecule has 0 bridgehead atoms. The van der Waals surface area contributed by atoms with Crippen LogP contribution in [0.3, 0.4) is 0 Å². The molecule has 1 amide bonds. The van der Waals surface area contributed by atoms with Crippen LogP contribution in [0.15, 0.2) is 0 Å². The van der Waals surface area contributed by atoms with Gasteiger partial charge in [0.05, 0.1) is 25.4 Å². The normalized spacial score (nSPS) is 18.3. The van der Waals surface area contributed by atoms with Crippen LogP contribution in [0.4, 0.5) is 0 Å². The number of ether oxygens (including phenoxy) is 2. The molecule has 0 radical (unpaired) electrons. The number of aliphatic hydroxyl groups excluding tert-OH is 5. The number of unbranched alkanes of at least 4 members (excludes halogenated alkanes) is 3. The zero-order valence-corrected chi connectivity index (χ0v) is 27.5. The van der Waals surface area contributed by atoms with E-state index in [0.29, 0.717) is 12.8 Å². The molecule has 1 rings (SSSR count). The molecule has 1 aliphatic rings. The second kappa shape index (κ2) is 28.0. The number of nitrogens with one attached hydrogen (secondary N) is 1. The molecule has 0 saturated carbocycles. The summed E-state index contributed by atoms with van der Waals surface area (Å²) < 4.78 is 10.9. The SMILES string of the molecule is CC#CC#CC#CC#CC#CC#CC#CC#CC#CC#CC#CC#CC(=O)N[C@@H](CO[C@@H]1OC(CO)[C@H](O)[C@H](O)C1O)[C@H](O)CCCCCC. The Kier molecular flexibility index (Phi) is 23.5. The Morgan fingerprint density at radius 1 is 0.680 bits per heavy atom. The van der Waals surface area contributed by atoms with Gasteiger partial charge in [-0.25, -0.2) is 0 Å². The number of hydrogen-bond acceptors (Lipinski definition) is 8. The molecule has 0 aromatic rings. The second-order valence-corrected chi connectivity index (χ2v) is 9.65. The minimum absolute atomic E-state index is 0.322. The lowest BCUT2D eigenvalue weighted by atomic mass is 9.99. The third-order valence-electron chi connectivity index (χ3n) is 6.04. The van der Waals surface area contributed by atoms with Crippen molar-refractivity contribution in [3.8, 4) is 142 Å². The Balaban J connectivity index is 2.69. The summed E-state index contributed by atoms with van der Waals surface area (Å²) in [6.45, 7) is 2.78. The molecule has 0 spiro atoms. The molecule has 0 aromatic heterocycles. The zero-order valence-electron chi connectivity index (χ0n) is 27.5. The number of rotatable bonds is 11. The minimum atomic E-state index is -1.63. The van der Waals surface area contributed by atoms with Gasteiger partial charge in [-0.05, 0) is 108 Å². The van der Waals surface area contributed by atoms with Crippen molar-refractivity contribution in [1.29, 1.82) is 0 Å². The summed E-state index contributed by atoms with van der Waals surface area (Å²) in [6, 6.07) is -0.955. The van der Waals surface area contributed by atoms with Crippen LogP contribution < -0.4 is 5.32 Å². The maximum atomic E-state index is 12.4. The maximum Gasteiger partial charge on any atom is 0.297 e. The summed E-state index contributed by atoms with van der Waals surface area (Å²) in [5.74, 6) is 58.5. The van der Waals surface area contributed by atoms with Crippen LogP contribution in [0.2, 0.25) is 0 Å². The summed E-state index contributed by atoms with van der Waals surface area (Å²) in [6.07, 6.45) is -4.49. The molecular formula is C41H33NO8. The first-order valence-electron chi connectivity index (χ1n) is 15.2. The van der Waals surface area contributed by atoms with Gasteiger partial charge in [0, 0.05) is 41.4 Å². The Hall–Kier alpha value is -6.09. The van der Waals surface area contributed by atoms with Gasteiger partial charge in [0.1, 0.15) is 24.4 Å². The first kappa shape index (κ1) is 41.9. The molecule has 9 nitrogen and oxygen atoms in total. The number of amides is 1. The monoisotopic (exact) mass is 667 g/mol. The van der Waals surface area contributed by atoms with Crippen molar-refractivity contribution in [2.24, 2.45) is 0 Å². The van der Waals surface area contributed by atoms with Crippen LogP contribution in [-0.4, -0.2) is 87.5 Å². The van der Waals surface area contributed by atoms with E-state index >= 15 is 0 Å². The van der Waals surface area contributed by atoms with Crippen molar-refractivity contribution in [2.75, 3.05) is 13.2 Å². The van der Waals surface area contributed by atoms with E-state index in [0.717, 1.165) is 19.3 Å². The Morgan fingerprint density at radius 2 is 1.14 bits per heavy atom. The molecule has 9 heteroatoms. The summed E-state index contributed by atoms with van der Waals surface area (Å²) in [4.78, 5) is 12.4. The van der Waals surface area contributed by atoms with Gasteiger partial charge in [-0.1, -0.05) is 38.5 Å². The fraction of sp³-hybridized carbons (Fsp3) is 0.390. The van der Waals surface area contributed by atoms with Crippen LogP contribution in [-0.2, 0) is 14.3 Å². The third kappa shape index (κ3) is 19.5. The standard InChI is InChI=1S/C41H33NO8/c1-3-5-7-9-10-11-12-13-14-15-16-17-18-19-20-21-22-23-24-25-26-27-29-31-37(45)42-34(35(44)30-28-8-6-4-2)33-49-41-40(48)39(47)38(46)36(32-43)50-41/h34-36,38-41,43-44,46-48H,4,6,8,28,30,32-33H2,1-2H3,(H,42,45)/t34-,35+,36?,38-,39-,40?,41+/m0/s1. The summed E-state index contributed by atoms with van der Waals surface area (Å²) >= 11 is 0. The predicted molar refractivity (Wildman–Crippen MR) is 185 cm³/mol. The smallest absolute Gasteiger partial charge is 0.297 e. The molecule has 1 saturated heterocycles. The molecule has 250 valence electrons. The highest BCUT2D eigenvalue weighted by atomic mass is 16.7. The van der Waals surface area contributed by atoms with Crippen molar-refractivity contribution < 1.29 is 39.8 Å². The van der Waals surface area contributed by atoms with Crippen molar-refractivity contribution in [3.05, 3.63) is 0 Å². The molecule has 7 atom stereocenters. The van der Waals surface area contributed by atoms with Crippen LogP contribution in [0.1, 0.15) is 46.0 Å². The fourth-order valence-corrected chi connectivity index (χ4v) is 3.61. The number of aliphatic hydroxyl groups is 5. The van der Waals surface area contributed by atoms with Crippen LogP contribution in [0.5, 0.6) is 0 Å². The van der Waals surface area contributed by atoms with Gasteiger partial charge >= 0.3 is 0 Å². The Morgan fingerprint density at radius 3 is 1.58 bits per heavy atom. The molecule has 1 heterocycles. The molecule has 2 unspecified atom stereocenters. The fourth-order valence-electron chi connectivity index (χ4n) is 3.61. The predicted octanol–water partition coefficient (Wildman–Crippen LogP) is -1.32. The van der Waals surface area contributed by atoms with Crippen molar-refractivity contribution in [2.45, 2.75) is 88.8 Å². The molecule has 1 aliphatic heterocycles. The van der Waals surface area contributed by atoms with Gasteiger partial charge in [-0.3, -0.25) is 4.79 Å². The van der Waals surface area contributed by atoms with E-state index in [1.54, 1.807) is 6.92 Å². The first-order valence-corrected chi connectivity index (χ1v) is 15.2. The van der Waals surface area contributed by atoms with E-state index < -0.39 is 55.4 Å². The summed E-state index contributed by atoms with van der Waals surface area (Å²) in [5, 5.41) is 52.8. The van der Waals surface area contributed by atoms with E-state index in [4.69, 9.17) is 9.47 Å². The zero-order chi connectivity index (χ0) is 36.7. The van der Waals surface area contributed by atoms with Gasteiger partial charge in [0.25, 0.3) is 5.91 Å². The maximum absolute atomic E-state index is 12.4. The lowest BCUT2D eigenvalue weighted by molar-refractivity contribution is -0.302. The molecule has 0 aromatic carbocycles. The van der Waals surface area contributed by atoms with E-state index in [9.17, 15) is 30.3 Å². The number of hydrogen-bond donors (Lipinski definition) is 6. The average Bonchev–Trinajstić information content (AvgIpc) is 3.11. The largest absolute Gasteiger partial charge is 0.394 e. The molecule has 6 N–H and O–H groups in total. The lowest BCUT2D eigenvalue weighted by Gasteiger charge is -2.40. The van der Waals surface area contributed by atoms with Gasteiger partial charge in [0.2, 0.25) is 0 Å². The molecule has 0 aliphatic carbocycles. The third-order valence-corrected chi connectivity index (χ3v) is 6.04. The average molecular weight is 668 g/mol. The van der Waals surface area contributed by atoms with Crippen molar-refractivity contribution in [3.63, 3.8) is 0 Å². The van der Waals surface area contributed by atoms with E-state index in [-0.39, 0.29) is 6.61 Å². The quantitative estimate of drug-likeness (QED) is 0.118. The molecule has 50 heavy (non-hydrogen) atoms. The highest BCUT2D eigenvalue weighted by Crippen LogP contribution is 2.22. The van der Waals surface area contributed by atoms with Gasteiger partial charge in [-0.15, -0.1) is 0 Å². The minimum Gasteiger partial charge on any atom is -0.394 e. The van der Waals surface area contributed by atoms with E-state index in [1.807, 2.05) is 0 Å². The van der Waals surface area contributed by atoms with Crippen molar-refractivity contribution in [1.82, 2.24) is 5.32 Å². The molecular weight excluding hydrogens is 634 g/mol. The summed E-state index contributed by atoms with van der Waals surface area (Å²) in [7, 11) is 0. The highest BCUT2D eigenvalue weighted by molar-refractivity contribution is 5.94. The lowest BCUT2D eigenvalue weighted by Crippen LogP contribution is -2.60. The van der Waals surface area contributed by atoms with E-state index in [1.165, 1.54) is 0 Å². The van der Waals surface area contributed by atoms with Gasteiger partial charge in [0.15, 0.2) is 6.29 Å². The van der Waals surface area contributed by atoms with Crippen molar-refractivity contribution >= 4 is 5.91 Å². The Bertz CT molecular complexity index is 1940. The molecule has 1 fully saturated rings.